The van der Waals surface area contributed by atoms with Crippen LogP contribution >= 0.6 is 11.3 Å². The van der Waals surface area contributed by atoms with Crippen LogP contribution in [0.1, 0.15) is 16.4 Å². The fourth-order valence-corrected chi connectivity index (χ4v) is 2.97. The van der Waals surface area contributed by atoms with E-state index in [2.05, 4.69) is 15.3 Å². The van der Waals surface area contributed by atoms with E-state index in [1.54, 1.807) is 48.9 Å². The zero-order chi connectivity index (χ0) is 15.8. The number of anilines is 1. The summed E-state index contributed by atoms with van der Waals surface area (Å²) in [6.07, 6.45) is 1.57. The Kier molecular flexibility index (Phi) is 3.20. The number of hydrogen-bond acceptors (Lipinski definition) is 6. The lowest BCUT2D eigenvalue weighted by molar-refractivity contribution is 0.102. The van der Waals surface area contributed by atoms with Crippen LogP contribution in [0.5, 0.6) is 0 Å². The van der Waals surface area contributed by atoms with Gasteiger partial charge < -0.3 is 14.2 Å². The van der Waals surface area contributed by atoms with Crippen molar-refractivity contribution < 1.29 is 13.6 Å². The van der Waals surface area contributed by atoms with Gasteiger partial charge in [-0.25, -0.2) is 9.97 Å². The van der Waals surface area contributed by atoms with Crippen LogP contribution in [0.4, 0.5) is 5.69 Å². The van der Waals surface area contributed by atoms with E-state index in [1.807, 2.05) is 0 Å². The fraction of sp³-hybridized carbons (Fsp3) is 0.0625. The highest BCUT2D eigenvalue weighted by atomic mass is 32.1. The van der Waals surface area contributed by atoms with Gasteiger partial charge in [-0.05, 0) is 30.3 Å². The number of benzene rings is 1. The van der Waals surface area contributed by atoms with Gasteiger partial charge in [-0.1, -0.05) is 0 Å². The smallest absolute Gasteiger partial charge is 0.275 e. The molecule has 3 heterocycles. The Bertz CT molecular complexity index is 985. The minimum absolute atomic E-state index is 0.279. The third-order valence-corrected chi connectivity index (χ3v) is 4.08. The van der Waals surface area contributed by atoms with Crippen LogP contribution in [0.2, 0.25) is 0 Å². The predicted octanol–water partition coefficient (Wildman–Crippen LogP) is 4.11. The number of nitrogens with zero attached hydrogens (tertiary/aromatic N) is 2. The molecule has 0 spiro atoms. The lowest BCUT2D eigenvalue weighted by Gasteiger charge is -2.02. The van der Waals surface area contributed by atoms with Crippen molar-refractivity contribution in [3.8, 4) is 10.8 Å². The summed E-state index contributed by atoms with van der Waals surface area (Å²) in [5.41, 5.74) is 2.38. The second-order valence-electron chi connectivity index (χ2n) is 4.88. The van der Waals surface area contributed by atoms with Crippen LogP contribution < -0.4 is 5.32 Å². The molecule has 0 saturated heterocycles. The number of oxazole rings is 1. The van der Waals surface area contributed by atoms with E-state index in [-0.39, 0.29) is 5.91 Å². The number of rotatable bonds is 3. The maximum atomic E-state index is 12.3. The number of aromatic nitrogens is 2. The maximum absolute atomic E-state index is 12.3. The SMILES string of the molecule is Cc1nc2cc(NC(=O)c3csc(-c4ccco4)n3)ccc2o1. The molecule has 0 aliphatic rings. The maximum Gasteiger partial charge on any atom is 0.275 e. The molecular weight excluding hydrogens is 314 g/mol. The molecule has 0 aliphatic heterocycles. The molecule has 1 N–H and O–H groups in total. The molecule has 4 aromatic rings. The van der Waals surface area contributed by atoms with E-state index >= 15 is 0 Å². The Morgan fingerprint density at radius 1 is 1.26 bits per heavy atom. The molecule has 0 saturated carbocycles. The molecule has 0 radical (unpaired) electrons. The summed E-state index contributed by atoms with van der Waals surface area (Å²) >= 11 is 1.36. The van der Waals surface area contributed by atoms with E-state index in [1.165, 1.54) is 11.3 Å². The van der Waals surface area contributed by atoms with Gasteiger partial charge in [0.15, 0.2) is 22.2 Å². The number of carbonyl (C=O) groups excluding carboxylic acids is 1. The Labute approximate surface area is 134 Å². The highest BCUT2D eigenvalue weighted by Gasteiger charge is 2.14. The van der Waals surface area contributed by atoms with Crippen molar-refractivity contribution in [1.82, 2.24) is 9.97 Å². The first kappa shape index (κ1) is 13.7. The molecule has 23 heavy (non-hydrogen) atoms. The van der Waals surface area contributed by atoms with Crippen LogP contribution in [0, 0.1) is 6.92 Å². The van der Waals surface area contributed by atoms with Crippen molar-refractivity contribution in [2.75, 3.05) is 5.32 Å². The first-order valence-electron chi connectivity index (χ1n) is 6.87. The summed E-state index contributed by atoms with van der Waals surface area (Å²) in [7, 11) is 0. The molecule has 1 aromatic carbocycles. The van der Waals surface area contributed by atoms with Crippen molar-refractivity contribution in [1.29, 1.82) is 0 Å². The van der Waals surface area contributed by atoms with Gasteiger partial charge in [-0.3, -0.25) is 4.79 Å². The summed E-state index contributed by atoms with van der Waals surface area (Å²) in [4.78, 5) is 20.8. The summed E-state index contributed by atoms with van der Waals surface area (Å²) < 4.78 is 10.7. The Morgan fingerprint density at radius 3 is 3.00 bits per heavy atom. The van der Waals surface area contributed by atoms with Gasteiger partial charge in [0.25, 0.3) is 5.91 Å². The molecule has 0 bridgehead atoms. The number of nitrogens with one attached hydrogen (secondary N) is 1. The second-order valence-corrected chi connectivity index (χ2v) is 5.74. The number of fused-ring (bicyclic) bond motifs is 1. The third-order valence-electron chi connectivity index (χ3n) is 3.22. The van der Waals surface area contributed by atoms with Gasteiger partial charge in [0.2, 0.25) is 0 Å². The minimum Gasteiger partial charge on any atom is -0.462 e. The number of aryl methyl sites for hydroxylation is 1. The lowest BCUT2D eigenvalue weighted by Crippen LogP contribution is -2.12. The molecule has 0 atom stereocenters. The van der Waals surface area contributed by atoms with E-state index in [9.17, 15) is 4.79 Å². The van der Waals surface area contributed by atoms with Gasteiger partial charge in [-0.15, -0.1) is 11.3 Å². The van der Waals surface area contributed by atoms with Crippen molar-refractivity contribution in [3.63, 3.8) is 0 Å². The average molecular weight is 325 g/mol. The summed E-state index contributed by atoms with van der Waals surface area (Å²) in [6.45, 7) is 1.78. The number of amides is 1. The molecular formula is C16H11N3O3S. The molecule has 0 fully saturated rings. The number of furan rings is 1. The molecule has 1 amide bonds. The first-order chi connectivity index (χ1) is 11.2. The summed E-state index contributed by atoms with van der Waals surface area (Å²) in [5, 5.41) is 5.18. The summed E-state index contributed by atoms with van der Waals surface area (Å²) in [5.74, 6) is 0.957. The van der Waals surface area contributed by atoms with Gasteiger partial charge in [0.1, 0.15) is 11.2 Å². The van der Waals surface area contributed by atoms with Crippen LogP contribution in [0.3, 0.4) is 0 Å². The van der Waals surface area contributed by atoms with Crippen molar-refractivity contribution >= 4 is 34.0 Å². The van der Waals surface area contributed by atoms with Gasteiger partial charge in [0, 0.05) is 18.0 Å². The monoisotopic (exact) mass is 325 g/mol. The second kappa shape index (κ2) is 5.36. The van der Waals surface area contributed by atoms with Crippen molar-refractivity contribution in [2.24, 2.45) is 0 Å². The van der Waals surface area contributed by atoms with E-state index in [0.717, 1.165) is 0 Å². The van der Waals surface area contributed by atoms with Gasteiger partial charge >= 0.3 is 0 Å². The van der Waals surface area contributed by atoms with Crippen LogP contribution in [-0.4, -0.2) is 15.9 Å². The van der Waals surface area contributed by atoms with Crippen LogP contribution in [-0.2, 0) is 0 Å². The molecule has 0 aliphatic carbocycles. The number of thiazole rings is 1. The molecule has 4 rings (SSSR count). The molecule has 7 heteroatoms. The zero-order valence-electron chi connectivity index (χ0n) is 12.1. The molecule has 3 aromatic heterocycles. The van der Waals surface area contributed by atoms with E-state index in [0.29, 0.717) is 39.1 Å². The Balaban J connectivity index is 1.56. The molecule has 114 valence electrons. The van der Waals surface area contributed by atoms with Gasteiger partial charge in [-0.2, -0.15) is 0 Å². The minimum atomic E-state index is -0.279. The Morgan fingerprint density at radius 2 is 2.17 bits per heavy atom. The number of carbonyl (C=O) groups is 1. The first-order valence-corrected chi connectivity index (χ1v) is 7.75. The normalized spacial score (nSPS) is 11.0. The predicted molar refractivity (Wildman–Crippen MR) is 86.5 cm³/mol. The van der Waals surface area contributed by atoms with E-state index < -0.39 is 0 Å². The largest absolute Gasteiger partial charge is 0.462 e. The molecule has 0 unspecified atom stereocenters. The Hall–Kier alpha value is -2.93. The summed E-state index contributed by atoms with van der Waals surface area (Å²) in [6, 6.07) is 8.90. The van der Waals surface area contributed by atoms with Gasteiger partial charge in [0.05, 0.1) is 6.26 Å². The zero-order valence-corrected chi connectivity index (χ0v) is 12.9. The standard InChI is InChI=1S/C16H11N3O3S/c1-9-17-11-7-10(4-5-13(11)22-9)18-15(20)12-8-23-16(19-12)14-3-2-6-21-14/h2-8H,1H3,(H,18,20). The molecule has 6 nitrogen and oxygen atoms in total. The van der Waals surface area contributed by atoms with Crippen molar-refractivity contribution in [2.45, 2.75) is 6.92 Å². The average Bonchev–Trinajstić information content (AvgIpc) is 3.26. The lowest BCUT2D eigenvalue weighted by atomic mass is 10.3. The number of hydrogen-bond donors (Lipinski definition) is 1. The quantitative estimate of drug-likeness (QED) is 0.613. The topological polar surface area (TPSA) is 81.2 Å². The van der Waals surface area contributed by atoms with Crippen LogP contribution in [0.25, 0.3) is 21.9 Å². The van der Waals surface area contributed by atoms with Crippen LogP contribution in [0.15, 0.2) is 50.8 Å². The van der Waals surface area contributed by atoms with Crippen molar-refractivity contribution in [3.05, 3.63) is 53.6 Å². The highest BCUT2D eigenvalue weighted by Crippen LogP contribution is 2.25. The highest BCUT2D eigenvalue weighted by molar-refractivity contribution is 7.13. The van der Waals surface area contributed by atoms with E-state index in [4.69, 9.17) is 8.83 Å². The fourth-order valence-electron chi connectivity index (χ4n) is 2.21. The third kappa shape index (κ3) is 2.62.